The van der Waals surface area contributed by atoms with E-state index in [2.05, 4.69) is 0 Å². The molecule has 0 unspecified atom stereocenters. The fourth-order valence-corrected chi connectivity index (χ4v) is 1.87. The molecule has 0 nitrogen and oxygen atoms in total. The second-order valence-corrected chi connectivity index (χ2v) is 3.97. The SMILES string of the molecule is Fc1ccc(CSCCCl)cc1F. The highest BCUT2D eigenvalue weighted by Crippen LogP contribution is 2.15. The molecule has 0 fully saturated rings. The Bertz CT molecular complexity index is 278. The summed E-state index contributed by atoms with van der Waals surface area (Å²) < 4.78 is 25.2. The summed E-state index contributed by atoms with van der Waals surface area (Å²) in [6.45, 7) is 0. The lowest BCUT2D eigenvalue weighted by Gasteiger charge is -2.00. The van der Waals surface area contributed by atoms with E-state index in [9.17, 15) is 8.78 Å². The summed E-state index contributed by atoms with van der Waals surface area (Å²) in [5.41, 5.74) is 0.786. The van der Waals surface area contributed by atoms with Crippen LogP contribution in [0.25, 0.3) is 0 Å². The van der Waals surface area contributed by atoms with Gasteiger partial charge in [-0.25, -0.2) is 8.78 Å². The standard InChI is InChI=1S/C9H9ClF2S/c10-3-4-13-6-7-1-2-8(11)9(12)5-7/h1-2,5H,3-4,6H2. The van der Waals surface area contributed by atoms with E-state index in [1.807, 2.05) is 0 Å². The van der Waals surface area contributed by atoms with Crippen molar-refractivity contribution in [1.82, 2.24) is 0 Å². The first-order valence-corrected chi connectivity index (χ1v) is 5.50. The minimum atomic E-state index is -0.800. The van der Waals surface area contributed by atoms with Gasteiger partial charge in [0, 0.05) is 17.4 Å². The monoisotopic (exact) mass is 222 g/mol. The molecule has 0 saturated carbocycles. The van der Waals surface area contributed by atoms with Gasteiger partial charge in [0.2, 0.25) is 0 Å². The Balaban J connectivity index is 2.53. The third-order valence-corrected chi connectivity index (χ3v) is 2.92. The first kappa shape index (κ1) is 10.8. The number of halogens is 3. The number of hydrogen-bond acceptors (Lipinski definition) is 1. The van der Waals surface area contributed by atoms with Gasteiger partial charge in [0.15, 0.2) is 11.6 Å². The Morgan fingerprint density at radius 2 is 2.00 bits per heavy atom. The maximum atomic E-state index is 12.7. The van der Waals surface area contributed by atoms with E-state index in [0.717, 1.165) is 17.4 Å². The Hall–Kier alpha value is -0.280. The molecule has 13 heavy (non-hydrogen) atoms. The topological polar surface area (TPSA) is 0 Å². The molecule has 0 spiro atoms. The molecule has 72 valence electrons. The van der Waals surface area contributed by atoms with Gasteiger partial charge in [0.05, 0.1) is 0 Å². The van der Waals surface area contributed by atoms with Crippen LogP contribution in [0, 0.1) is 11.6 Å². The quantitative estimate of drug-likeness (QED) is 0.556. The van der Waals surface area contributed by atoms with Crippen LogP contribution in [0.3, 0.4) is 0 Å². The molecule has 0 atom stereocenters. The van der Waals surface area contributed by atoms with E-state index < -0.39 is 11.6 Å². The number of benzene rings is 1. The molecule has 0 aliphatic heterocycles. The van der Waals surface area contributed by atoms with E-state index in [1.54, 1.807) is 17.8 Å². The zero-order chi connectivity index (χ0) is 9.68. The Kier molecular flexibility index (Phi) is 4.53. The van der Waals surface area contributed by atoms with Gasteiger partial charge < -0.3 is 0 Å². The van der Waals surface area contributed by atoms with Crippen LogP contribution in [0.2, 0.25) is 0 Å². The van der Waals surface area contributed by atoms with Crippen LogP contribution in [0.15, 0.2) is 18.2 Å². The lowest BCUT2D eigenvalue weighted by atomic mass is 10.2. The highest BCUT2D eigenvalue weighted by atomic mass is 35.5. The van der Waals surface area contributed by atoms with Crippen molar-refractivity contribution < 1.29 is 8.78 Å². The van der Waals surface area contributed by atoms with Crippen molar-refractivity contribution >= 4 is 23.4 Å². The first-order chi connectivity index (χ1) is 6.24. The molecular formula is C9H9ClF2S. The molecule has 0 N–H and O–H groups in total. The fraction of sp³-hybridized carbons (Fsp3) is 0.333. The maximum absolute atomic E-state index is 12.7. The first-order valence-electron chi connectivity index (χ1n) is 3.81. The van der Waals surface area contributed by atoms with Crippen molar-refractivity contribution in [2.75, 3.05) is 11.6 Å². The van der Waals surface area contributed by atoms with Crippen molar-refractivity contribution in [2.45, 2.75) is 5.75 Å². The van der Waals surface area contributed by atoms with E-state index in [0.29, 0.717) is 11.6 Å². The maximum Gasteiger partial charge on any atom is 0.159 e. The van der Waals surface area contributed by atoms with Gasteiger partial charge in [-0.05, 0) is 17.7 Å². The molecule has 0 aliphatic carbocycles. The highest BCUT2D eigenvalue weighted by molar-refractivity contribution is 7.98. The zero-order valence-electron chi connectivity index (χ0n) is 6.90. The average molecular weight is 223 g/mol. The second kappa shape index (κ2) is 5.45. The third-order valence-electron chi connectivity index (χ3n) is 1.47. The Labute approximate surface area is 85.3 Å². The molecule has 0 aromatic heterocycles. The molecule has 0 aliphatic rings. The molecule has 1 rings (SSSR count). The number of rotatable bonds is 4. The smallest absolute Gasteiger partial charge is 0.159 e. The van der Waals surface area contributed by atoms with Crippen molar-refractivity contribution in [1.29, 1.82) is 0 Å². The number of alkyl halides is 1. The van der Waals surface area contributed by atoms with Crippen LogP contribution in [0.1, 0.15) is 5.56 Å². The molecule has 0 bridgehead atoms. The Morgan fingerprint density at radius 1 is 1.23 bits per heavy atom. The van der Waals surface area contributed by atoms with Gasteiger partial charge in [-0.15, -0.1) is 11.6 Å². The lowest BCUT2D eigenvalue weighted by Crippen LogP contribution is -1.88. The molecule has 0 radical (unpaired) electrons. The summed E-state index contributed by atoms with van der Waals surface area (Å²) in [5.74, 6) is 0.480. The predicted octanol–water partition coefficient (Wildman–Crippen LogP) is 3.44. The van der Waals surface area contributed by atoms with E-state index in [4.69, 9.17) is 11.6 Å². The van der Waals surface area contributed by atoms with Gasteiger partial charge in [-0.3, -0.25) is 0 Å². The van der Waals surface area contributed by atoms with Gasteiger partial charge in [-0.2, -0.15) is 11.8 Å². The number of hydrogen-bond donors (Lipinski definition) is 0. The fourth-order valence-electron chi connectivity index (χ4n) is 0.874. The summed E-state index contributed by atoms with van der Waals surface area (Å²) in [5, 5.41) is 0. The van der Waals surface area contributed by atoms with Crippen LogP contribution in [-0.4, -0.2) is 11.6 Å². The summed E-state index contributed by atoms with van der Waals surface area (Å²) >= 11 is 7.07. The summed E-state index contributed by atoms with van der Waals surface area (Å²) in [7, 11) is 0. The van der Waals surface area contributed by atoms with Crippen LogP contribution < -0.4 is 0 Å². The highest BCUT2D eigenvalue weighted by Gasteiger charge is 2.01. The van der Waals surface area contributed by atoms with Crippen molar-refractivity contribution in [3.8, 4) is 0 Å². The van der Waals surface area contributed by atoms with Crippen LogP contribution >= 0.6 is 23.4 Å². The minimum absolute atomic E-state index is 0.578. The predicted molar refractivity (Wildman–Crippen MR) is 53.2 cm³/mol. The average Bonchev–Trinajstić information content (AvgIpc) is 2.12. The molecular weight excluding hydrogens is 214 g/mol. The zero-order valence-corrected chi connectivity index (χ0v) is 8.47. The largest absolute Gasteiger partial charge is 0.204 e. The molecule has 4 heteroatoms. The number of thioether (sulfide) groups is 1. The van der Waals surface area contributed by atoms with Gasteiger partial charge in [-0.1, -0.05) is 6.07 Å². The lowest BCUT2D eigenvalue weighted by molar-refractivity contribution is 0.507. The van der Waals surface area contributed by atoms with E-state index in [-0.39, 0.29) is 0 Å². The van der Waals surface area contributed by atoms with Crippen LogP contribution in [0.5, 0.6) is 0 Å². The van der Waals surface area contributed by atoms with Crippen LogP contribution in [0.4, 0.5) is 8.78 Å². The van der Waals surface area contributed by atoms with Crippen molar-refractivity contribution in [2.24, 2.45) is 0 Å². The van der Waals surface area contributed by atoms with Gasteiger partial charge >= 0.3 is 0 Å². The minimum Gasteiger partial charge on any atom is -0.204 e. The molecule has 0 saturated heterocycles. The van der Waals surface area contributed by atoms with Gasteiger partial charge in [0.25, 0.3) is 0 Å². The van der Waals surface area contributed by atoms with Gasteiger partial charge in [0.1, 0.15) is 0 Å². The van der Waals surface area contributed by atoms with E-state index in [1.165, 1.54) is 6.07 Å². The van der Waals surface area contributed by atoms with Crippen molar-refractivity contribution in [3.05, 3.63) is 35.4 Å². The molecule has 1 aromatic carbocycles. The molecule has 1 aromatic rings. The Morgan fingerprint density at radius 3 is 2.62 bits per heavy atom. The van der Waals surface area contributed by atoms with Crippen LogP contribution in [-0.2, 0) is 5.75 Å². The summed E-state index contributed by atoms with van der Waals surface area (Å²) in [4.78, 5) is 0. The molecule has 0 amide bonds. The summed E-state index contributed by atoms with van der Waals surface area (Å²) in [6, 6.07) is 3.95. The molecule has 0 heterocycles. The third kappa shape index (κ3) is 3.53. The van der Waals surface area contributed by atoms with Crippen molar-refractivity contribution in [3.63, 3.8) is 0 Å². The second-order valence-electron chi connectivity index (χ2n) is 2.49. The summed E-state index contributed by atoms with van der Waals surface area (Å²) in [6.07, 6.45) is 0. The van der Waals surface area contributed by atoms with E-state index >= 15 is 0 Å². The normalized spacial score (nSPS) is 10.4.